The number of hydrogen-bond donors (Lipinski definition) is 2. The fourth-order valence-electron chi connectivity index (χ4n) is 1.47. The van der Waals surface area contributed by atoms with E-state index in [2.05, 4.69) is 0 Å². The van der Waals surface area contributed by atoms with E-state index in [1.165, 1.54) is 6.07 Å². The minimum absolute atomic E-state index is 0.170. The number of rotatable bonds is 7. The van der Waals surface area contributed by atoms with E-state index in [0.717, 1.165) is 6.42 Å². The Bertz CT molecular complexity index is 362. The van der Waals surface area contributed by atoms with Crippen molar-refractivity contribution in [1.29, 1.82) is 0 Å². The third kappa shape index (κ3) is 4.44. The molecule has 2 N–H and O–H groups in total. The Morgan fingerprint density at radius 3 is 2.76 bits per heavy atom. The summed E-state index contributed by atoms with van der Waals surface area (Å²) >= 11 is 0. The molecule has 0 saturated heterocycles. The molecule has 0 aliphatic rings. The standard InChI is InChI=1S/C13H18O4/c1-2-10(14)6-5-9-17-12-8-4-3-7-11(12)13(15)16/h3-4,7-8,10,14H,2,5-6,9H2,1H3,(H,15,16). The zero-order valence-corrected chi connectivity index (χ0v) is 9.93. The van der Waals surface area contributed by atoms with Crippen molar-refractivity contribution in [3.63, 3.8) is 0 Å². The molecule has 17 heavy (non-hydrogen) atoms. The second-order valence-corrected chi connectivity index (χ2v) is 3.85. The summed E-state index contributed by atoms with van der Waals surface area (Å²) in [5.74, 6) is -0.611. The molecular weight excluding hydrogens is 220 g/mol. The molecule has 1 atom stereocenters. The number of para-hydroxylation sites is 1. The Kier molecular flexibility index (Phi) is 5.49. The van der Waals surface area contributed by atoms with Crippen LogP contribution in [0.4, 0.5) is 0 Å². The average Bonchev–Trinajstić information content (AvgIpc) is 2.34. The van der Waals surface area contributed by atoms with Crippen LogP contribution in [-0.2, 0) is 0 Å². The number of carbonyl (C=O) groups is 1. The van der Waals surface area contributed by atoms with Crippen molar-refractivity contribution in [3.8, 4) is 5.75 Å². The molecule has 0 saturated carbocycles. The van der Waals surface area contributed by atoms with Gasteiger partial charge in [0.1, 0.15) is 11.3 Å². The first kappa shape index (κ1) is 13.5. The summed E-state index contributed by atoms with van der Waals surface area (Å²) in [7, 11) is 0. The Balaban J connectivity index is 2.44. The number of aromatic carboxylic acids is 1. The van der Waals surface area contributed by atoms with Crippen molar-refractivity contribution in [2.45, 2.75) is 32.3 Å². The molecule has 1 aromatic carbocycles. The predicted octanol–water partition coefficient (Wildman–Crippen LogP) is 2.31. The molecule has 4 nitrogen and oxygen atoms in total. The SMILES string of the molecule is CCC(O)CCCOc1ccccc1C(=O)O. The Morgan fingerprint density at radius 1 is 1.41 bits per heavy atom. The van der Waals surface area contributed by atoms with E-state index >= 15 is 0 Å². The Hall–Kier alpha value is -1.55. The molecule has 0 spiro atoms. The van der Waals surface area contributed by atoms with E-state index in [1.807, 2.05) is 6.92 Å². The topological polar surface area (TPSA) is 66.8 Å². The third-order valence-corrected chi connectivity index (χ3v) is 2.53. The Morgan fingerprint density at radius 2 is 2.12 bits per heavy atom. The summed E-state index contributed by atoms with van der Waals surface area (Å²) in [5, 5.41) is 18.3. The fourth-order valence-corrected chi connectivity index (χ4v) is 1.47. The summed E-state index contributed by atoms with van der Waals surface area (Å²) < 4.78 is 5.40. The number of carboxylic acids is 1. The quantitative estimate of drug-likeness (QED) is 0.715. The third-order valence-electron chi connectivity index (χ3n) is 2.53. The molecule has 0 fully saturated rings. The lowest BCUT2D eigenvalue weighted by atomic mass is 10.1. The van der Waals surface area contributed by atoms with Crippen LogP contribution in [0.15, 0.2) is 24.3 Å². The van der Waals surface area contributed by atoms with Crippen LogP contribution in [0.25, 0.3) is 0 Å². The molecule has 0 aliphatic heterocycles. The van der Waals surface area contributed by atoms with Crippen LogP contribution in [0.5, 0.6) is 5.75 Å². The van der Waals surface area contributed by atoms with Gasteiger partial charge in [-0.25, -0.2) is 4.79 Å². The van der Waals surface area contributed by atoms with Crippen molar-refractivity contribution in [3.05, 3.63) is 29.8 Å². The molecular formula is C13H18O4. The highest BCUT2D eigenvalue weighted by Gasteiger charge is 2.09. The highest BCUT2D eigenvalue weighted by atomic mass is 16.5. The lowest BCUT2D eigenvalue weighted by Crippen LogP contribution is -2.08. The predicted molar refractivity (Wildman–Crippen MR) is 64.4 cm³/mol. The van der Waals surface area contributed by atoms with Crippen LogP contribution in [-0.4, -0.2) is 28.9 Å². The van der Waals surface area contributed by atoms with Gasteiger partial charge >= 0.3 is 5.97 Å². The number of carboxylic acid groups (broad SMARTS) is 1. The maximum atomic E-state index is 10.9. The van der Waals surface area contributed by atoms with Gasteiger partial charge in [0.25, 0.3) is 0 Å². The molecule has 0 heterocycles. The number of ether oxygens (including phenoxy) is 1. The van der Waals surface area contributed by atoms with E-state index in [9.17, 15) is 9.90 Å². The zero-order valence-electron chi connectivity index (χ0n) is 9.93. The number of benzene rings is 1. The molecule has 1 rings (SSSR count). The van der Waals surface area contributed by atoms with Gasteiger partial charge in [-0.3, -0.25) is 0 Å². The molecule has 0 aliphatic carbocycles. The molecule has 0 bridgehead atoms. The van der Waals surface area contributed by atoms with Crippen LogP contribution in [0.1, 0.15) is 36.5 Å². The highest BCUT2D eigenvalue weighted by molar-refractivity contribution is 5.90. The van der Waals surface area contributed by atoms with Gasteiger partial charge in [-0.2, -0.15) is 0 Å². The lowest BCUT2D eigenvalue weighted by molar-refractivity contribution is 0.0691. The van der Waals surface area contributed by atoms with Gasteiger partial charge in [-0.15, -0.1) is 0 Å². The molecule has 94 valence electrons. The molecule has 0 radical (unpaired) electrons. The van der Waals surface area contributed by atoms with Crippen molar-refractivity contribution >= 4 is 5.97 Å². The summed E-state index contributed by atoms with van der Waals surface area (Å²) in [6.07, 6.45) is 1.81. The second kappa shape index (κ2) is 6.91. The van der Waals surface area contributed by atoms with E-state index in [0.29, 0.717) is 25.2 Å². The number of aliphatic hydroxyl groups is 1. The van der Waals surface area contributed by atoms with Crippen molar-refractivity contribution in [2.24, 2.45) is 0 Å². The van der Waals surface area contributed by atoms with E-state index in [-0.39, 0.29) is 11.7 Å². The van der Waals surface area contributed by atoms with Crippen LogP contribution < -0.4 is 4.74 Å². The zero-order chi connectivity index (χ0) is 12.7. The smallest absolute Gasteiger partial charge is 0.339 e. The summed E-state index contributed by atoms with van der Waals surface area (Å²) in [5.41, 5.74) is 0.170. The minimum Gasteiger partial charge on any atom is -0.493 e. The maximum Gasteiger partial charge on any atom is 0.339 e. The minimum atomic E-state index is -0.991. The Labute approximate surface area is 101 Å². The van der Waals surface area contributed by atoms with Gasteiger partial charge in [0.2, 0.25) is 0 Å². The van der Waals surface area contributed by atoms with Gasteiger partial charge in [0, 0.05) is 0 Å². The average molecular weight is 238 g/mol. The van der Waals surface area contributed by atoms with E-state index in [4.69, 9.17) is 9.84 Å². The van der Waals surface area contributed by atoms with Crippen molar-refractivity contribution in [2.75, 3.05) is 6.61 Å². The van der Waals surface area contributed by atoms with Crippen LogP contribution in [0.2, 0.25) is 0 Å². The van der Waals surface area contributed by atoms with Gasteiger partial charge < -0.3 is 14.9 Å². The number of hydrogen-bond acceptors (Lipinski definition) is 3. The maximum absolute atomic E-state index is 10.9. The summed E-state index contributed by atoms with van der Waals surface area (Å²) in [6.45, 7) is 2.34. The largest absolute Gasteiger partial charge is 0.493 e. The normalized spacial score (nSPS) is 12.1. The van der Waals surface area contributed by atoms with E-state index < -0.39 is 5.97 Å². The van der Waals surface area contributed by atoms with Gasteiger partial charge in [-0.1, -0.05) is 19.1 Å². The van der Waals surface area contributed by atoms with Gasteiger partial charge in [0.15, 0.2) is 0 Å². The summed E-state index contributed by atoms with van der Waals surface area (Å²) in [6, 6.07) is 6.55. The van der Waals surface area contributed by atoms with E-state index in [1.54, 1.807) is 18.2 Å². The second-order valence-electron chi connectivity index (χ2n) is 3.85. The van der Waals surface area contributed by atoms with Crippen molar-refractivity contribution < 1.29 is 19.7 Å². The summed E-state index contributed by atoms with van der Waals surface area (Å²) in [4.78, 5) is 10.9. The lowest BCUT2D eigenvalue weighted by Gasteiger charge is -2.10. The fraction of sp³-hybridized carbons (Fsp3) is 0.462. The monoisotopic (exact) mass is 238 g/mol. The molecule has 1 aromatic rings. The first-order valence-corrected chi connectivity index (χ1v) is 5.78. The van der Waals surface area contributed by atoms with Crippen molar-refractivity contribution in [1.82, 2.24) is 0 Å². The van der Waals surface area contributed by atoms with Crippen LogP contribution in [0, 0.1) is 0 Å². The molecule has 1 unspecified atom stereocenters. The van der Waals surface area contributed by atoms with Crippen LogP contribution in [0.3, 0.4) is 0 Å². The van der Waals surface area contributed by atoms with Gasteiger partial charge in [0.05, 0.1) is 12.7 Å². The van der Waals surface area contributed by atoms with Crippen LogP contribution >= 0.6 is 0 Å². The first-order chi connectivity index (χ1) is 8.15. The molecule has 0 amide bonds. The highest BCUT2D eigenvalue weighted by Crippen LogP contribution is 2.18. The molecule has 0 aromatic heterocycles. The first-order valence-electron chi connectivity index (χ1n) is 5.78. The van der Waals surface area contributed by atoms with Gasteiger partial charge in [-0.05, 0) is 31.4 Å². The number of aliphatic hydroxyl groups excluding tert-OH is 1. The molecule has 4 heteroatoms.